The van der Waals surface area contributed by atoms with Gasteiger partial charge in [0.05, 0.1) is 25.0 Å². The average molecular weight is 455 g/mol. The third-order valence-electron chi connectivity index (χ3n) is 6.11. The number of hydrogen-bond donors (Lipinski definition) is 0. The number of pyridine rings is 1. The minimum atomic E-state index is -0.105. The highest BCUT2D eigenvalue weighted by Gasteiger charge is 2.20. The van der Waals surface area contributed by atoms with Gasteiger partial charge in [-0.05, 0) is 69.7 Å². The van der Waals surface area contributed by atoms with Crippen LogP contribution in [0.25, 0.3) is 28.2 Å². The van der Waals surface area contributed by atoms with Crippen LogP contribution in [0.4, 0.5) is 0 Å². The Hall–Kier alpha value is -4.13. The minimum absolute atomic E-state index is 0.105. The number of aryl methyl sites for hydroxylation is 4. The van der Waals surface area contributed by atoms with Crippen molar-refractivity contribution < 1.29 is 9.15 Å². The van der Waals surface area contributed by atoms with Gasteiger partial charge >= 0.3 is 0 Å². The molecule has 0 radical (unpaired) electrons. The molecule has 0 spiro atoms. The van der Waals surface area contributed by atoms with Crippen molar-refractivity contribution in [2.75, 3.05) is 7.11 Å². The van der Waals surface area contributed by atoms with Crippen LogP contribution in [0.1, 0.15) is 28.3 Å². The first kappa shape index (κ1) is 21.7. The van der Waals surface area contributed by atoms with Gasteiger partial charge in [-0.1, -0.05) is 17.7 Å². The van der Waals surface area contributed by atoms with Crippen LogP contribution in [0.15, 0.2) is 63.8 Å². The molecular formula is C27H26N4O3. The van der Waals surface area contributed by atoms with Crippen LogP contribution in [0.3, 0.4) is 0 Å². The summed E-state index contributed by atoms with van der Waals surface area (Å²) in [7, 11) is 1.63. The summed E-state index contributed by atoms with van der Waals surface area (Å²) in [6.45, 7) is 8.11. The maximum atomic E-state index is 13.2. The minimum Gasteiger partial charge on any atom is -0.497 e. The van der Waals surface area contributed by atoms with Gasteiger partial charge < -0.3 is 9.15 Å². The monoisotopic (exact) mass is 454 g/mol. The molecule has 5 aromatic rings. The van der Waals surface area contributed by atoms with E-state index in [2.05, 4.69) is 0 Å². The van der Waals surface area contributed by atoms with Crippen molar-refractivity contribution in [1.82, 2.24) is 19.3 Å². The standard InChI is InChI=1S/C27H26N4O3/c1-16-6-10-21(11-7-16)31-27-25(18(3)29-31)17(2)14-24(32)30(27)15-23-19(4)34-26(28-23)20-8-12-22(33-5)13-9-20/h6-14H,15H2,1-5H3. The van der Waals surface area contributed by atoms with Crippen LogP contribution in [0.5, 0.6) is 5.75 Å². The molecule has 0 bridgehead atoms. The lowest BCUT2D eigenvalue weighted by Gasteiger charge is -2.12. The normalized spacial score (nSPS) is 11.3. The summed E-state index contributed by atoms with van der Waals surface area (Å²) in [5.74, 6) is 1.94. The zero-order valence-electron chi connectivity index (χ0n) is 19.9. The van der Waals surface area contributed by atoms with Gasteiger partial charge in [0.2, 0.25) is 5.89 Å². The summed E-state index contributed by atoms with van der Waals surface area (Å²) in [6.07, 6.45) is 0. The lowest BCUT2D eigenvalue weighted by molar-refractivity contribution is 0.415. The number of hydrogen-bond acceptors (Lipinski definition) is 5. The smallest absolute Gasteiger partial charge is 0.252 e. The summed E-state index contributed by atoms with van der Waals surface area (Å²) in [4.78, 5) is 17.9. The summed E-state index contributed by atoms with van der Waals surface area (Å²) in [5, 5.41) is 5.76. The second kappa shape index (κ2) is 8.33. The van der Waals surface area contributed by atoms with Gasteiger partial charge in [-0.15, -0.1) is 0 Å². The van der Waals surface area contributed by atoms with Crippen LogP contribution < -0.4 is 10.3 Å². The van der Waals surface area contributed by atoms with E-state index in [1.165, 1.54) is 0 Å². The van der Waals surface area contributed by atoms with E-state index < -0.39 is 0 Å². The highest BCUT2D eigenvalue weighted by Crippen LogP contribution is 2.27. The maximum absolute atomic E-state index is 13.2. The molecule has 0 aliphatic rings. The first-order valence-electron chi connectivity index (χ1n) is 11.1. The van der Waals surface area contributed by atoms with E-state index in [9.17, 15) is 4.79 Å². The molecule has 5 rings (SSSR count). The fraction of sp³-hybridized carbons (Fsp3) is 0.222. The number of aromatic nitrogens is 4. The van der Waals surface area contributed by atoms with E-state index in [0.717, 1.165) is 44.9 Å². The molecule has 0 aliphatic carbocycles. The molecule has 2 aromatic carbocycles. The molecule has 0 saturated heterocycles. The van der Waals surface area contributed by atoms with Gasteiger partial charge in [-0.25, -0.2) is 9.67 Å². The number of benzene rings is 2. The van der Waals surface area contributed by atoms with Gasteiger partial charge in [0.25, 0.3) is 5.56 Å². The third kappa shape index (κ3) is 3.69. The van der Waals surface area contributed by atoms with Crippen LogP contribution in [0, 0.1) is 27.7 Å². The fourth-order valence-corrected chi connectivity index (χ4v) is 4.27. The molecule has 3 aromatic heterocycles. The van der Waals surface area contributed by atoms with Gasteiger partial charge in [-0.3, -0.25) is 9.36 Å². The highest BCUT2D eigenvalue weighted by atomic mass is 16.5. The molecule has 7 heteroatoms. The zero-order chi connectivity index (χ0) is 24.0. The lowest BCUT2D eigenvalue weighted by atomic mass is 10.1. The predicted molar refractivity (Wildman–Crippen MR) is 132 cm³/mol. The molecule has 0 N–H and O–H groups in total. The van der Waals surface area contributed by atoms with Crippen molar-refractivity contribution in [2.45, 2.75) is 34.2 Å². The molecule has 0 atom stereocenters. The molecular weight excluding hydrogens is 428 g/mol. The Balaban J connectivity index is 1.64. The Kier molecular flexibility index (Phi) is 5.32. The van der Waals surface area contributed by atoms with Gasteiger partial charge in [-0.2, -0.15) is 5.10 Å². The Morgan fingerprint density at radius 3 is 2.35 bits per heavy atom. The van der Waals surface area contributed by atoms with E-state index >= 15 is 0 Å². The van der Waals surface area contributed by atoms with E-state index in [4.69, 9.17) is 19.2 Å². The Bertz CT molecular complexity index is 1560. The van der Waals surface area contributed by atoms with Crippen LogP contribution in [-0.2, 0) is 6.54 Å². The van der Waals surface area contributed by atoms with Gasteiger partial charge in [0.15, 0.2) is 0 Å². The quantitative estimate of drug-likeness (QED) is 0.368. The zero-order valence-corrected chi connectivity index (χ0v) is 19.9. The molecule has 172 valence electrons. The fourth-order valence-electron chi connectivity index (χ4n) is 4.27. The van der Waals surface area contributed by atoms with Crippen molar-refractivity contribution in [1.29, 1.82) is 0 Å². The second-order valence-corrected chi connectivity index (χ2v) is 8.53. The molecule has 0 saturated carbocycles. The van der Waals surface area contributed by atoms with E-state index in [-0.39, 0.29) is 12.1 Å². The SMILES string of the molecule is COc1ccc(-c2nc(Cn3c(=O)cc(C)c4c(C)nn(-c5ccc(C)cc5)c43)c(C)o2)cc1. The summed E-state index contributed by atoms with van der Waals surface area (Å²) >= 11 is 0. The largest absolute Gasteiger partial charge is 0.497 e. The average Bonchev–Trinajstić information content (AvgIpc) is 3.37. The van der Waals surface area contributed by atoms with Crippen molar-refractivity contribution in [3.05, 3.63) is 93.2 Å². The number of methoxy groups -OCH3 is 1. The number of oxazole rings is 1. The molecule has 3 heterocycles. The summed E-state index contributed by atoms with van der Waals surface area (Å²) in [6, 6.07) is 17.3. The number of rotatable bonds is 5. The Labute approximate surface area is 197 Å². The highest BCUT2D eigenvalue weighted by molar-refractivity contribution is 5.83. The van der Waals surface area contributed by atoms with Crippen LogP contribution >= 0.6 is 0 Å². The van der Waals surface area contributed by atoms with Crippen molar-refractivity contribution in [3.8, 4) is 22.9 Å². The van der Waals surface area contributed by atoms with Gasteiger partial charge in [0.1, 0.15) is 22.9 Å². The molecule has 7 nitrogen and oxygen atoms in total. The molecule has 0 fully saturated rings. The number of ether oxygens (including phenoxy) is 1. The first-order valence-corrected chi connectivity index (χ1v) is 11.1. The Morgan fingerprint density at radius 2 is 1.68 bits per heavy atom. The topological polar surface area (TPSA) is 75.1 Å². The Morgan fingerprint density at radius 1 is 0.971 bits per heavy atom. The third-order valence-corrected chi connectivity index (χ3v) is 6.11. The van der Waals surface area contributed by atoms with Crippen molar-refractivity contribution in [3.63, 3.8) is 0 Å². The van der Waals surface area contributed by atoms with E-state index in [1.807, 2.05) is 80.9 Å². The maximum Gasteiger partial charge on any atom is 0.252 e. The number of fused-ring (bicyclic) bond motifs is 1. The molecule has 0 aliphatic heterocycles. The van der Waals surface area contributed by atoms with E-state index in [1.54, 1.807) is 17.7 Å². The lowest BCUT2D eigenvalue weighted by Crippen LogP contribution is -2.23. The second-order valence-electron chi connectivity index (χ2n) is 8.53. The predicted octanol–water partition coefficient (Wildman–Crippen LogP) is 5.13. The summed E-state index contributed by atoms with van der Waals surface area (Å²) < 4.78 is 14.8. The van der Waals surface area contributed by atoms with Crippen LogP contribution in [0.2, 0.25) is 0 Å². The molecule has 0 unspecified atom stereocenters. The first-order chi connectivity index (χ1) is 16.4. The molecule has 0 amide bonds. The van der Waals surface area contributed by atoms with Crippen molar-refractivity contribution in [2.24, 2.45) is 0 Å². The van der Waals surface area contributed by atoms with Gasteiger partial charge in [0, 0.05) is 17.0 Å². The van der Waals surface area contributed by atoms with Crippen molar-refractivity contribution >= 4 is 11.0 Å². The number of nitrogens with zero attached hydrogens (tertiary/aromatic N) is 4. The van der Waals surface area contributed by atoms with Crippen LogP contribution in [-0.4, -0.2) is 26.4 Å². The summed E-state index contributed by atoms with van der Waals surface area (Å²) in [5.41, 5.74) is 6.03. The molecule has 34 heavy (non-hydrogen) atoms. The van der Waals surface area contributed by atoms with E-state index in [0.29, 0.717) is 17.3 Å².